The van der Waals surface area contributed by atoms with Crippen LogP contribution in [0.3, 0.4) is 0 Å². The monoisotopic (exact) mass is 711 g/mol. The van der Waals surface area contributed by atoms with Crippen molar-refractivity contribution < 1.29 is 53.5 Å². The van der Waals surface area contributed by atoms with E-state index in [0.717, 1.165) is 52.1 Å². The second-order valence-electron chi connectivity index (χ2n) is 12.6. The lowest BCUT2D eigenvalue weighted by molar-refractivity contribution is -0.171. The van der Waals surface area contributed by atoms with Gasteiger partial charge in [0.2, 0.25) is 5.91 Å². The molecule has 0 heterocycles. The van der Waals surface area contributed by atoms with Crippen LogP contribution < -0.4 is 14.8 Å². The maximum absolute atomic E-state index is 13.7. The summed E-state index contributed by atoms with van der Waals surface area (Å²) in [6, 6.07) is 10.5. The SMILES string of the molecule is CCCCCCCC(=O)CCCCCC/C=C/[C@H](C(=O)N[C@@H](Cc1ccc(O)cc1)C(=O)OC)[C@@](O)(CC(=O)Oc1ccc(OC)cc1)C(=O)O. The number of benzene rings is 2. The fourth-order valence-corrected chi connectivity index (χ4v) is 5.50. The first-order chi connectivity index (χ1) is 24.4. The Balaban J connectivity index is 2.15. The van der Waals surface area contributed by atoms with Crippen LogP contribution in [-0.4, -0.2) is 70.8 Å². The summed E-state index contributed by atoms with van der Waals surface area (Å²) in [5.74, 6) is -5.80. The lowest BCUT2D eigenvalue weighted by atomic mass is 9.82. The molecule has 0 bridgehead atoms. The fraction of sp³-hybridized carbons (Fsp3) is 0.513. The van der Waals surface area contributed by atoms with E-state index in [2.05, 4.69) is 12.2 Å². The molecule has 0 aliphatic heterocycles. The quantitative estimate of drug-likeness (QED) is 0.0419. The number of ether oxygens (including phenoxy) is 3. The number of allylic oxidation sites excluding steroid dienone is 1. The second-order valence-corrected chi connectivity index (χ2v) is 12.6. The highest BCUT2D eigenvalue weighted by atomic mass is 16.5. The van der Waals surface area contributed by atoms with Gasteiger partial charge in [0.15, 0.2) is 5.60 Å². The number of carboxylic acids is 1. The van der Waals surface area contributed by atoms with Gasteiger partial charge < -0.3 is 34.8 Å². The molecule has 4 N–H and O–H groups in total. The summed E-state index contributed by atoms with van der Waals surface area (Å²) >= 11 is 0. The summed E-state index contributed by atoms with van der Waals surface area (Å²) in [5.41, 5.74) is -2.40. The van der Waals surface area contributed by atoms with Gasteiger partial charge in [0, 0.05) is 19.3 Å². The number of hydrogen-bond donors (Lipinski definition) is 4. The van der Waals surface area contributed by atoms with Crippen molar-refractivity contribution in [1.29, 1.82) is 0 Å². The summed E-state index contributed by atoms with van der Waals surface area (Å²) < 4.78 is 15.2. The zero-order chi connectivity index (χ0) is 37.6. The van der Waals surface area contributed by atoms with E-state index < -0.39 is 47.8 Å². The maximum Gasteiger partial charge on any atom is 0.337 e. The Morgan fingerprint density at radius 3 is 1.98 bits per heavy atom. The van der Waals surface area contributed by atoms with Crippen LogP contribution in [-0.2, 0) is 35.1 Å². The minimum atomic E-state index is -2.96. The van der Waals surface area contributed by atoms with Crippen LogP contribution in [0.2, 0.25) is 0 Å². The van der Waals surface area contributed by atoms with Gasteiger partial charge in [-0.3, -0.25) is 14.4 Å². The van der Waals surface area contributed by atoms with Crippen LogP contribution in [0.25, 0.3) is 0 Å². The number of hydrogen-bond acceptors (Lipinski definition) is 10. The maximum atomic E-state index is 13.7. The molecule has 3 atom stereocenters. The molecule has 2 aromatic rings. The molecule has 0 unspecified atom stereocenters. The van der Waals surface area contributed by atoms with Crippen LogP contribution in [0.4, 0.5) is 0 Å². The third-order valence-electron chi connectivity index (χ3n) is 8.51. The van der Waals surface area contributed by atoms with Gasteiger partial charge in [0.05, 0.1) is 26.6 Å². The molecule has 0 saturated heterocycles. The molecule has 0 aliphatic carbocycles. The normalized spacial score (nSPS) is 13.5. The number of aliphatic carboxylic acids is 1. The number of Topliss-reactive ketones (excluding diaryl/α,β-unsaturated/α-hetero) is 1. The smallest absolute Gasteiger partial charge is 0.337 e. The highest BCUT2D eigenvalue weighted by molar-refractivity contribution is 5.95. The Morgan fingerprint density at radius 2 is 1.41 bits per heavy atom. The first kappa shape index (κ1) is 42.5. The van der Waals surface area contributed by atoms with Crippen LogP contribution in [0, 0.1) is 5.92 Å². The molecule has 280 valence electrons. The van der Waals surface area contributed by atoms with Crippen LogP contribution in [0.5, 0.6) is 17.2 Å². The highest BCUT2D eigenvalue weighted by Crippen LogP contribution is 2.27. The minimum Gasteiger partial charge on any atom is -0.508 e. The fourth-order valence-electron chi connectivity index (χ4n) is 5.50. The number of carbonyl (C=O) groups excluding carboxylic acids is 4. The van der Waals surface area contributed by atoms with E-state index in [0.29, 0.717) is 37.0 Å². The van der Waals surface area contributed by atoms with Crippen molar-refractivity contribution in [1.82, 2.24) is 5.32 Å². The molecule has 2 aromatic carbocycles. The van der Waals surface area contributed by atoms with E-state index >= 15 is 0 Å². The van der Waals surface area contributed by atoms with Crippen molar-refractivity contribution in [2.24, 2.45) is 5.92 Å². The molecule has 0 spiro atoms. The van der Waals surface area contributed by atoms with Crippen molar-refractivity contribution in [2.75, 3.05) is 14.2 Å². The first-order valence-electron chi connectivity index (χ1n) is 17.6. The van der Waals surface area contributed by atoms with E-state index in [4.69, 9.17) is 14.2 Å². The third-order valence-corrected chi connectivity index (χ3v) is 8.51. The Hall–Kier alpha value is -4.71. The van der Waals surface area contributed by atoms with Gasteiger partial charge in [0.1, 0.15) is 29.1 Å². The summed E-state index contributed by atoms with van der Waals surface area (Å²) in [5, 5.41) is 33.8. The number of carboxylic acid groups (broad SMARTS) is 1. The number of phenols is 1. The molecule has 1 amide bonds. The first-order valence-corrected chi connectivity index (χ1v) is 17.6. The number of aliphatic hydroxyl groups is 1. The number of rotatable bonds is 25. The number of carbonyl (C=O) groups is 5. The van der Waals surface area contributed by atoms with E-state index in [9.17, 15) is 39.3 Å². The van der Waals surface area contributed by atoms with Crippen LogP contribution in [0.15, 0.2) is 60.7 Å². The van der Waals surface area contributed by atoms with Gasteiger partial charge >= 0.3 is 17.9 Å². The number of amides is 1. The van der Waals surface area contributed by atoms with Gasteiger partial charge in [-0.1, -0.05) is 69.7 Å². The van der Waals surface area contributed by atoms with E-state index in [1.807, 2.05) is 0 Å². The van der Waals surface area contributed by atoms with Crippen molar-refractivity contribution in [3.8, 4) is 17.2 Å². The van der Waals surface area contributed by atoms with Gasteiger partial charge in [-0.2, -0.15) is 0 Å². The van der Waals surface area contributed by atoms with Crippen molar-refractivity contribution in [3.05, 3.63) is 66.2 Å². The molecule has 12 nitrogen and oxygen atoms in total. The molecular formula is C39H53NO11. The number of unbranched alkanes of at least 4 members (excludes halogenated alkanes) is 8. The van der Waals surface area contributed by atoms with E-state index in [-0.39, 0.29) is 23.7 Å². The standard InChI is InChI=1S/C39H53NO11/c1-4-5-6-9-12-15-29(41)16-13-10-7-8-11-14-17-33(36(44)40-34(37(45)50-3)26-28-18-20-30(42)21-19-28)39(48,38(46)47)27-35(43)51-32-24-22-31(49-2)23-25-32/h14,17-25,33-34,42,48H,4-13,15-16,26-27H2,1-3H3,(H,40,44)(H,46,47)/b17-14+/t33-,34+,39+/m1/s1. The van der Waals surface area contributed by atoms with E-state index in [1.165, 1.54) is 56.0 Å². The van der Waals surface area contributed by atoms with Gasteiger partial charge in [0.25, 0.3) is 0 Å². The molecule has 0 aromatic heterocycles. The number of ketones is 1. The molecule has 51 heavy (non-hydrogen) atoms. The van der Waals surface area contributed by atoms with Gasteiger partial charge in [-0.25, -0.2) is 9.59 Å². The number of esters is 2. The van der Waals surface area contributed by atoms with Crippen molar-refractivity contribution in [3.63, 3.8) is 0 Å². The molecule has 0 aliphatic rings. The average Bonchev–Trinajstić information content (AvgIpc) is 3.11. The largest absolute Gasteiger partial charge is 0.508 e. The average molecular weight is 712 g/mol. The number of aromatic hydroxyl groups is 1. The zero-order valence-electron chi connectivity index (χ0n) is 29.9. The Labute approximate surface area is 300 Å². The summed E-state index contributed by atoms with van der Waals surface area (Å²) in [7, 11) is 2.59. The predicted octanol–water partition coefficient (Wildman–Crippen LogP) is 5.86. The molecule has 0 saturated carbocycles. The number of nitrogens with one attached hydrogen (secondary N) is 1. The van der Waals surface area contributed by atoms with Gasteiger partial charge in [-0.05, 0) is 67.6 Å². The Bertz CT molecular complexity index is 1420. The molecule has 12 heteroatoms. The summed E-state index contributed by atoms with van der Waals surface area (Å²) in [4.78, 5) is 64.1. The summed E-state index contributed by atoms with van der Waals surface area (Å²) in [6.45, 7) is 2.15. The van der Waals surface area contributed by atoms with Crippen LogP contribution in [0.1, 0.15) is 96.0 Å². The predicted molar refractivity (Wildman–Crippen MR) is 190 cm³/mol. The molecule has 2 rings (SSSR count). The molecular weight excluding hydrogens is 658 g/mol. The summed E-state index contributed by atoms with van der Waals surface area (Å²) in [6.07, 6.45) is 11.8. The minimum absolute atomic E-state index is 0.00249. The Kier molecular flexibility index (Phi) is 19.1. The van der Waals surface area contributed by atoms with Crippen molar-refractivity contribution >= 4 is 29.6 Å². The lowest BCUT2D eigenvalue weighted by Gasteiger charge is -2.30. The van der Waals surface area contributed by atoms with Crippen molar-refractivity contribution in [2.45, 2.75) is 108 Å². The second kappa shape index (κ2) is 22.9. The van der Waals surface area contributed by atoms with Crippen LogP contribution >= 0.6 is 0 Å². The zero-order valence-corrected chi connectivity index (χ0v) is 29.9. The van der Waals surface area contributed by atoms with Gasteiger partial charge in [-0.15, -0.1) is 0 Å². The molecule has 0 fully saturated rings. The number of phenolic OH excluding ortho intramolecular Hbond substituents is 1. The highest BCUT2D eigenvalue weighted by Gasteiger charge is 2.49. The van der Waals surface area contributed by atoms with E-state index in [1.54, 1.807) is 18.2 Å². The number of methoxy groups -OCH3 is 2. The third kappa shape index (κ3) is 15.4. The molecule has 0 radical (unpaired) electrons. The topological polar surface area (TPSA) is 186 Å². The Morgan fingerprint density at radius 1 is 0.824 bits per heavy atom. The lowest BCUT2D eigenvalue weighted by Crippen LogP contribution is -2.55.